The summed E-state index contributed by atoms with van der Waals surface area (Å²) in [5.74, 6) is 1.30. The van der Waals surface area contributed by atoms with E-state index in [0.717, 1.165) is 16.5 Å². The first-order valence-electron chi connectivity index (χ1n) is 6.28. The molecule has 0 atom stereocenters. The molecule has 0 bridgehead atoms. The van der Waals surface area contributed by atoms with E-state index in [2.05, 4.69) is 0 Å². The van der Waals surface area contributed by atoms with E-state index in [4.69, 9.17) is 14.2 Å². The molecule has 0 fully saturated rings. The average molecular weight is 274 g/mol. The molecule has 0 unspecified atom stereocenters. The number of hydrogen-bond acceptors (Lipinski definition) is 4. The Balaban J connectivity index is 3.10. The van der Waals surface area contributed by atoms with Crippen LogP contribution in [0.15, 0.2) is 23.0 Å². The van der Waals surface area contributed by atoms with E-state index in [1.807, 2.05) is 26.0 Å². The highest BCUT2D eigenvalue weighted by Gasteiger charge is 2.16. The van der Waals surface area contributed by atoms with Crippen molar-refractivity contribution in [3.05, 3.63) is 39.5 Å². The first-order chi connectivity index (χ1) is 9.54. The van der Waals surface area contributed by atoms with Crippen molar-refractivity contribution in [2.45, 2.75) is 13.8 Å². The van der Waals surface area contributed by atoms with Crippen LogP contribution in [0.3, 0.4) is 0 Å². The van der Waals surface area contributed by atoms with Crippen LogP contribution in [0, 0.1) is 13.8 Å². The highest BCUT2D eigenvalue weighted by molar-refractivity contribution is 5.91. The van der Waals surface area contributed by atoms with Gasteiger partial charge in [0.15, 0.2) is 17.2 Å². The van der Waals surface area contributed by atoms with Gasteiger partial charge in [0.2, 0.25) is 5.43 Å². The van der Waals surface area contributed by atoms with Gasteiger partial charge in [0.05, 0.1) is 26.7 Å². The van der Waals surface area contributed by atoms with E-state index in [1.165, 1.54) is 14.2 Å². The zero-order chi connectivity index (χ0) is 14.9. The number of aryl methyl sites for hydroxylation is 1. The predicted octanol–water partition coefficient (Wildman–Crippen LogP) is 2.84. The van der Waals surface area contributed by atoms with Gasteiger partial charge in [-0.2, -0.15) is 0 Å². The minimum absolute atomic E-state index is 0.191. The van der Waals surface area contributed by atoms with Gasteiger partial charge in [0, 0.05) is 0 Å². The summed E-state index contributed by atoms with van der Waals surface area (Å²) in [5.41, 5.74) is 1.62. The van der Waals surface area contributed by atoms with Gasteiger partial charge in [-0.25, -0.2) is 0 Å². The highest BCUT2D eigenvalue weighted by Crippen LogP contribution is 2.34. The van der Waals surface area contributed by atoms with Crippen molar-refractivity contribution in [1.29, 1.82) is 0 Å². The molecule has 4 nitrogen and oxygen atoms in total. The second-order valence-electron chi connectivity index (χ2n) is 4.58. The van der Waals surface area contributed by atoms with Crippen LogP contribution in [0.1, 0.15) is 11.1 Å². The molecule has 20 heavy (non-hydrogen) atoms. The van der Waals surface area contributed by atoms with Gasteiger partial charge in [0.25, 0.3) is 0 Å². The number of benzene rings is 1. The maximum atomic E-state index is 12.7. The zero-order valence-electron chi connectivity index (χ0n) is 12.4. The van der Waals surface area contributed by atoms with Gasteiger partial charge in [-0.15, -0.1) is 0 Å². The van der Waals surface area contributed by atoms with E-state index in [-0.39, 0.29) is 5.43 Å². The fourth-order valence-electron chi connectivity index (χ4n) is 2.35. The first kappa shape index (κ1) is 14.2. The van der Waals surface area contributed by atoms with Gasteiger partial charge in [0.1, 0.15) is 0 Å². The molecule has 0 aliphatic carbocycles. The first-order valence-corrected chi connectivity index (χ1v) is 6.28. The lowest BCUT2D eigenvalue weighted by Gasteiger charge is -2.09. The Morgan fingerprint density at radius 2 is 1.55 bits per heavy atom. The summed E-state index contributed by atoms with van der Waals surface area (Å²) >= 11 is 0. The quantitative estimate of drug-likeness (QED) is 0.863. The molecule has 2 rings (SSSR count). The Morgan fingerprint density at radius 1 is 0.900 bits per heavy atom. The largest absolute Gasteiger partial charge is 0.493 e. The molecule has 0 aromatic heterocycles. The molecule has 0 saturated heterocycles. The molecular formula is C16H18O4. The van der Waals surface area contributed by atoms with Crippen molar-refractivity contribution >= 4 is 10.8 Å². The van der Waals surface area contributed by atoms with E-state index in [9.17, 15) is 4.79 Å². The molecule has 2 aromatic carbocycles. The van der Waals surface area contributed by atoms with Crippen molar-refractivity contribution in [1.82, 2.24) is 0 Å². The topological polar surface area (TPSA) is 44.8 Å². The summed E-state index contributed by atoms with van der Waals surface area (Å²) in [7, 11) is 4.57. The molecule has 2 aromatic rings. The van der Waals surface area contributed by atoms with Gasteiger partial charge in [-0.05, 0) is 36.4 Å². The van der Waals surface area contributed by atoms with E-state index < -0.39 is 0 Å². The Hall–Kier alpha value is -2.23. The summed E-state index contributed by atoms with van der Waals surface area (Å²) in [5, 5.41) is 1.27. The Labute approximate surface area is 117 Å². The van der Waals surface area contributed by atoms with Gasteiger partial charge in [-0.3, -0.25) is 4.79 Å². The molecule has 0 aliphatic heterocycles. The van der Waals surface area contributed by atoms with Crippen LogP contribution in [0.25, 0.3) is 10.8 Å². The smallest absolute Gasteiger partial charge is 0.232 e. The molecule has 0 saturated carbocycles. The summed E-state index contributed by atoms with van der Waals surface area (Å²) in [6.07, 6.45) is 0. The standard InChI is InChI=1S/C16H18O4/c1-9-8-11-6-7-12(18-3)16(20-5)13(11)14(17)15(19-4)10(9)2/h6-8H,1-5H3. The third kappa shape index (κ3) is 2.07. The monoisotopic (exact) mass is 274 g/mol. The van der Waals surface area contributed by atoms with Crippen molar-refractivity contribution in [2.75, 3.05) is 21.3 Å². The summed E-state index contributed by atoms with van der Waals surface area (Å²) in [6.45, 7) is 3.82. The van der Waals surface area contributed by atoms with Crippen molar-refractivity contribution < 1.29 is 14.2 Å². The number of rotatable bonds is 3. The van der Waals surface area contributed by atoms with E-state index in [0.29, 0.717) is 22.6 Å². The highest BCUT2D eigenvalue weighted by atomic mass is 16.5. The minimum Gasteiger partial charge on any atom is -0.493 e. The van der Waals surface area contributed by atoms with Crippen molar-refractivity contribution in [3.8, 4) is 17.2 Å². The van der Waals surface area contributed by atoms with Crippen LogP contribution in [0.4, 0.5) is 0 Å². The minimum atomic E-state index is -0.191. The second-order valence-corrected chi connectivity index (χ2v) is 4.58. The van der Waals surface area contributed by atoms with Crippen molar-refractivity contribution in [3.63, 3.8) is 0 Å². The Kier molecular flexibility index (Phi) is 3.84. The Morgan fingerprint density at radius 3 is 2.10 bits per heavy atom. The zero-order valence-corrected chi connectivity index (χ0v) is 12.4. The van der Waals surface area contributed by atoms with Gasteiger partial charge in [-0.1, -0.05) is 12.1 Å². The number of methoxy groups -OCH3 is 3. The molecule has 0 heterocycles. The molecule has 0 spiro atoms. The average Bonchev–Trinajstić information content (AvgIpc) is 2.54. The lowest BCUT2D eigenvalue weighted by atomic mass is 10.1. The number of hydrogen-bond donors (Lipinski definition) is 0. The van der Waals surface area contributed by atoms with Crippen LogP contribution in [-0.4, -0.2) is 21.3 Å². The third-order valence-corrected chi connectivity index (χ3v) is 3.52. The molecule has 0 N–H and O–H groups in total. The fourth-order valence-corrected chi connectivity index (χ4v) is 2.35. The van der Waals surface area contributed by atoms with Crippen LogP contribution < -0.4 is 19.6 Å². The molecular weight excluding hydrogens is 256 g/mol. The molecule has 4 heteroatoms. The lowest BCUT2D eigenvalue weighted by molar-refractivity contribution is 0.358. The van der Waals surface area contributed by atoms with Gasteiger partial charge >= 0.3 is 0 Å². The van der Waals surface area contributed by atoms with Gasteiger partial charge < -0.3 is 14.2 Å². The molecule has 0 aliphatic rings. The normalized spacial score (nSPS) is 10.4. The lowest BCUT2D eigenvalue weighted by Crippen LogP contribution is -2.06. The second kappa shape index (κ2) is 5.41. The summed E-state index contributed by atoms with van der Waals surface area (Å²) in [6, 6.07) is 5.60. The molecule has 0 radical (unpaired) electrons. The van der Waals surface area contributed by atoms with E-state index in [1.54, 1.807) is 13.2 Å². The number of fused-ring (bicyclic) bond motifs is 1. The van der Waals surface area contributed by atoms with Crippen LogP contribution in [-0.2, 0) is 0 Å². The van der Waals surface area contributed by atoms with E-state index >= 15 is 0 Å². The van der Waals surface area contributed by atoms with Crippen LogP contribution >= 0.6 is 0 Å². The predicted molar refractivity (Wildman–Crippen MR) is 79.3 cm³/mol. The Bertz CT molecular complexity index is 720. The third-order valence-electron chi connectivity index (χ3n) is 3.52. The van der Waals surface area contributed by atoms with Crippen LogP contribution in [0.2, 0.25) is 0 Å². The number of ether oxygens (including phenoxy) is 3. The summed E-state index contributed by atoms with van der Waals surface area (Å²) < 4.78 is 15.9. The molecule has 0 amide bonds. The summed E-state index contributed by atoms with van der Waals surface area (Å²) in [4.78, 5) is 12.7. The van der Waals surface area contributed by atoms with Crippen molar-refractivity contribution in [2.24, 2.45) is 0 Å². The molecule has 106 valence electrons. The SMILES string of the molecule is COc1ccc2cc(C)c(C)c(OC)c(=O)c2c1OC. The maximum absolute atomic E-state index is 12.7. The maximum Gasteiger partial charge on any atom is 0.232 e. The van der Waals surface area contributed by atoms with Crippen LogP contribution in [0.5, 0.6) is 17.2 Å². The fraction of sp³-hybridized carbons (Fsp3) is 0.312.